The van der Waals surface area contributed by atoms with Crippen LogP contribution in [0.25, 0.3) is 0 Å². The van der Waals surface area contributed by atoms with E-state index < -0.39 is 0 Å². The molecule has 2 atom stereocenters. The van der Waals surface area contributed by atoms with Crippen molar-refractivity contribution in [3.63, 3.8) is 0 Å². The Kier molecular flexibility index (Phi) is 6.29. The third kappa shape index (κ3) is 4.68. The first-order chi connectivity index (χ1) is 15.3. The average Bonchev–Trinajstić information content (AvgIpc) is 3.15. The number of hydrogen-bond donors (Lipinski definition) is 4. The molecule has 1 saturated heterocycles. The van der Waals surface area contributed by atoms with E-state index in [1.165, 1.54) is 22.9 Å². The van der Waals surface area contributed by atoms with E-state index in [-0.39, 0.29) is 11.6 Å². The maximum atomic E-state index is 12.5. The second-order valence-electron chi connectivity index (χ2n) is 8.92. The number of nitrogens with two attached hydrogens (primary N) is 2. The number of rotatable bonds is 5. The molecule has 2 aliphatic rings. The Labute approximate surface area is 188 Å². The minimum atomic E-state index is -0.175. The summed E-state index contributed by atoms with van der Waals surface area (Å²) in [7, 11) is 0. The van der Waals surface area contributed by atoms with Gasteiger partial charge in [0.05, 0.1) is 5.69 Å². The number of aryl methyl sites for hydroxylation is 2. The number of nitrogens with zero attached hydrogens (tertiary/aromatic N) is 4. The monoisotopic (exact) mass is 436 g/mol. The van der Waals surface area contributed by atoms with Crippen molar-refractivity contribution in [1.82, 2.24) is 25.2 Å². The molecule has 9 nitrogen and oxygen atoms in total. The van der Waals surface area contributed by atoms with Crippen LogP contribution in [0, 0.1) is 19.8 Å². The van der Waals surface area contributed by atoms with Gasteiger partial charge in [0.15, 0.2) is 0 Å². The lowest BCUT2D eigenvalue weighted by Crippen LogP contribution is -2.51. The van der Waals surface area contributed by atoms with Gasteiger partial charge in [-0.2, -0.15) is 0 Å². The van der Waals surface area contributed by atoms with Crippen molar-refractivity contribution in [3.05, 3.63) is 58.7 Å². The molecule has 0 spiro atoms. The zero-order valence-corrected chi connectivity index (χ0v) is 18.9. The minimum absolute atomic E-state index is 0.130. The van der Waals surface area contributed by atoms with Crippen LogP contribution < -0.4 is 22.3 Å². The standard InChI is InChI=1S/C23H32N8O/c1-14-6-15(2)8-18(7-14)28-23-26-9-17-12-31(13-20(17)29-23)21-4-5-30(11-16(21)3)22(32)19(24)10-27-25/h6-10,16,21,27H,4-5,11-13,24-25H2,1-3H3,(H,26,28,29)/b19-10-. The van der Waals surface area contributed by atoms with Crippen LogP contribution in [0.5, 0.6) is 0 Å². The SMILES string of the molecule is Cc1cc(C)cc(Nc2ncc3c(n2)CN(C2CCN(C(=O)/C(N)=C/NN)CC2C)C3)c1. The van der Waals surface area contributed by atoms with Gasteiger partial charge in [-0.05, 0) is 49.4 Å². The van der Waals surface area contributed by atoms with E-state index in [0.29, 0.717) is 31.0 Å². The summed E-state index contributed by atoms with van der Waals surface area (Å²) in [4.78, 5) is 26.1. The number of fused-ring (bicyclic) bond motifs is 1. The molecule has 0 aliphatic carbocycles. The predicted molar refractivity (Wildman–Crippen MR) is 124 cm³/mol. The summed E-state index contributed by atoms with van der Waals surface area (Å²) in [6.07, 6.45) is 4.16. The van der Waals surface area contributed by atoms with Crippen molar-refractivity contribution >= 4 is 17.5 Å². The fourth-order valence-electron chi connectivity index (χ4n) is 4.84. The number of carbonyl (C=O) groups excluding carboxylic acids is 1. The van der Waals surface area contributed by atoms with Crippen LogP contribution in [0.1, 0.15) is 35.7 Å². The Bertz CT molecular complexity index is 1020. The number of piperidine rings is 1. The first kappa shape index (κ1) is 22.0. The van der Waals surface area contributed by atoms with E-state index >= 15 is 0 Å². The number of hydrazine groups is 1. The molecule has 2 unspecified atom stereocenters. The van der Waals surface area contributed by atoms with Crippen LogP contribution >= 0.6 is 0 Å². The number of benzene rings is 1. The van der Waals surface area contributed by atoms with Crippen LogP contribution in [0.15, 0.2) is 36.3 Å². The highest BCUT2D eigenvalue weighted by atomic mass is 16.2. The summed E-state index contributed by atoms with van der Waals surface area (Å²) in [5.41, 5.74) is 13.9. The molecule has 170 valence electrons. The zero-order valence-electron chi connectivity index (χ0n) is 18.9. The number of nitrogens with one attached hydrogen (secondary N) is 2. The van der Waals surface area contributed by atoms with E-state index in [2.05, 4.69) is 59.6 Å². The van der Waals surface area contributed by atoms with Gasteiger partial charge in [0.2, 0.25) is 5.95 Å². The average molecular weight is 437 g/mol. The van der Waals surface area contributed by atoms with Crippen molar-refractivity contribution in [2.75, 3.05) is 18.4 Å². The maximum Gasteiger partial charge on any atom is 0.271 e. The van der Waals surface area contributed by atoms with E-state index in [1.54, 1.807) is 4.90 Å². The first-order valence-corrected chi connectivity index (χ1v) is 11.0. The van der Waals surface area contributed by atoms with E-state index in [4.69, 9.17) is 16.6 Å². The highest BCUT2D eigenvalue weighted by Gasteiger charge is 2.36. The molecule has 32 heavy (non-hydrogen) atoms. The summed E-state index contributed by atoms with van der Waals surface area (Å²) in [5, 5.41) is 3.34. The number of anilines is 2. The zero-order chi connectivity index (χ0) is 22.8. The topological polar surface area (TPSA) is 125 Å². The molecule has 9 heteroatoms. The molecular weight excluding hydrogens is 404 g/mol. The summed E-state index contributed by atoms with van der Waals surface area (Å²) < 4.78 is 0. The van der Waals surface area contributed by atoms with Gasteiger partial charge in [-0.15, -0.1) is 0 Å². The Morgan fingerprint density at radius 1 is 1.22 bits per heavy atom. The second kappa shape index (κ2) is 9.13. The van der Waals surface area contributed by atoms with Crippen LogP contribution in [-0.4, -0.2) is 44.8 Å². The molecule has 1 fully saturated rings. The molecule has 3 heterocycles. The molecule has 4 rings (SSSR count). The molecule has 2 aliphatic heterocycles. The molecule has 0 saturated carbocycles. The number of likely N-dealkylation sites (tertiary alicyclic amines) is 1. The molecule has 2 aromatic rings. The molecule has 1 aromatic heterocycles. The lowest BCUT2D eigenvalue weighted by molar-refractivity contribution is -0.130. The van der Waals surface area contributed by atoms with Crippen molar-refractivity contribution in [2.24, 2.45) is 17.5 Å². The summed E-state index contributed by atoms with van der Waals surface area (Å²) in [5.74, 6) is 6.01. The Balaban J connectivity index is 1.40. The van der Waals surface area contributed by atoms with E-state index in [0.717, 1.165) is 30.9 Å². The minimum Gasteiger partial charge on any atom is -0.393 e. The fraction of sp³-hybridized carbons (Fsp3) is 0.435. The predicted octanol–water partition coefficient (Wildman–Crippen LogP) is 1.65. The third-order valence-corrected chi connectivity index (χ3v) is 6.26. The van der Waals surface area contributed by atoms with Crippen LogP contribution in [0.2, 0.25) is 0 Å². The Morgan fingerprint density at radius 2 is 1.97 bits per heavy atom. The van der Waals surface area contributed by atoms with E-state index in [9.17, 15) is 4.79 Å². The first-order valence-electron chi connectivity index (χ1n) is 11.0. The molecule has 1 aromatic carbocycles. The van der Waals surface area contributed by atoms with Crippen LogP contribution in [0.3, 0.4) is 0 Å². The Hall–Kier alpha value is -3.17. The second-order valence-corrected chi connectivity index (χ2v) is 8.92. The van der Waals surface area contributed by atoms with Crippen molar-refractivity contribution in [3.8, 4) is 0 Å². The van der Waals surface area contributed by atoms with Gasteiger partial charge in [0, 0.05) is 55.9 Å². The van der Waals surface area contributed by atoms with Gasteiger partial charge < -0.3 is 21.4 Å². The smallest absolute Gasteiger partial charge is 0.271 e. The normalized spacial score (nSPS) is 21.4. The van der Waals surface area contributed by atoms with E-state index in [1.807, 2.05) is 6.20 Å². The van der Waals surface area contributed by atoms with Crippen molar-refractivity contribution in [2.45, 2.75) is 46.3 Å². The van der Waals surface area contributed by atoms with Gasteiger partial charge in [0.25, 0.3) is 5.91 Å². The van der Waals surface area contributed by atoms with Crippen molar-refractivity contribution in [1.29, 1.82) is 0 Å². The summed E-state index contributed by atoms with van der Waals surface area (Å²) in [6, 6.07) is 6.71. The number of hydrogen-bond acceptors (Lipinski definition) is 8. The van der Waals surface area contributed by atoms with Gasteiger partial charge in [-0.3, -0.25) is 15.5 Å². The summed E-state index contributed by atoms with van der Waals surface area (Å²) >= 11 is 0. The lowest BCUT2D eigenvalue weighted by Gasteiger charge is -2.41. The third-order valence-electron chi connectivity index (χ3n) is 6.26. The fourth-order valence-corrected chi connectivity index (χ4v) is 4.84. The molecule has 6 N–H and O–H groups in total. The molecule has 0 radical (unpaired) electrons. The molecule has 0 bridgehead atoms. The van der Waals surface area contributed by atoms with Gasteiger partial charge >= 0.3 is 0 Å². The number of carbonyl (C=O) groups is 1. The van der Waals surface area contributed by atoms with Crippen LogP contribution in [0.4, 0.5) is 11.6 Å². The largest absolute Gasteiger partial charge is 0.393 e. The van der Waals surface area contributed by atoms with Crippen molar-refractivity contribution < 1.29 is 4.79 Å². The van der Waals surface area contributed by atoms with Gasteiger partial charge in [-0.25, -0.2) is 9.97 Å². The highest BCUT2D eigenvalue weighted by Crippen LogP contribution is 2.31. The Morgan fingerprint density at radius 3 is 2.66 bits per heavy atom. The van der Waals surface area contributed by atoms with Crippen LogP contribution in [-0.2, 0) is 17.9 Å². The maximum absolute atomic E-state index is 12.5. The lowest BCUT2D eigenvalue weighted by atomic mass is 9.92. The van der Waals surface area contributed by atoms with Gasteiger partial charge in [0.1, 0.15) is 5.70 Å². The molecular formula is C23H32N8O. The van der Waals surface area contributed by atoms with Gasteiger partial charge in [-0.1, -0.05) is 13.0 Å². The summed E-state index contributed by atoms with van der Waals surface area (Å²) in [6.45, 7) is 9.32. The number of aromatic nitrogens is 2. The molecule has 1 amide bonds. The quantitative estimate of drug-likeness (QED) is 0.317. The number of amides is 1. The highest BCUT2D eigenvalue weighted by molar-refractivity contribution is 5.92.